The van der Waals surface area contributed by atoms with Gasteiger partial charge in [0.25, 0.3) is 0 Å². The number of carboxylic acid groups (broad SMARTS) is 1. The number of hydrogen-bond acceptors (Lipinski definition) is 5. The maximum absolute atomic E-state index is 10.9. The standard InChI is InChI=1S/C22H22N2O3S/c1-2-27-19-9-7-16(8-10-19)20-11-23-21(28-20)17-5-3-15(4-6-17)12-24-13-18(14-24)22(25)26/h3-11,18H,2,12-14H2,1H3,(H,25,26). The highest BCUT2D eigenvalue weighted by molar-refractivity contribution is 7.18. The first-order valence-electron chi connectivity index (χ1n) is 9.36. The number of ether oxygens (including phenoxy) is 1. The summed E-state index contributed by atoms with van der Waals surface area (Å²) in [4.78, 5) is 18.8. The topological polar surface area (TPSA) is 62.7 Å². The molecular formula is C22H22N2O3S. The lowest BCUT2D eigenvalue weighted by Crippen LogP contribution is -2.49. The number of nitrogens with zero attached hydrogens (tertiary/aromatic N) is 2. The summed E-state index contributed by atoms with van der Waals surface area (Å²) in [6.45, 7) is 4.70. The van der Waals surface area contributed by atoms with Crippen LogP contribution in [-0.2, 0) is 11.3 Å². The van der Waals surface area contributed by atoms with Gasteiger partial charge in [-0.2, -0.15) is 0 Å². The third-order valence-electron chi connectivity index (χ3n) is 4.87. The number of likely N-dealkylation sites (tertiary alicyclic amines) is 1. The van der Waals surface area contributed by atoms with Gasteiger partial charge in [0.05, 0.1) is 17.4 Å². The zero-order valence-electron chi connectivity index (χ0n) is 15.7. The maximum atomic E-state index is 10.9. The number of benzene rings is 2. The predicted molar refractivity (Wildman–Crippen MR) is 111 cm³/mol. The van der Waals surface area contributed by atoms with Crippen LogP contribution in [0.4, 0.5) is 0 Å². The van der Waals surface area contributed by atoms with E-state index in [0.717, 1.165) is 33.3 Å². The zero-order valence-corrected chi connectivity index (χ0v) is 16.5. The summed E-state index contributed by atoms with van der Waals surface area (Å²) in [5, 5.41) is 9.95. The van der Waals surface area contributed by atoms with E-state index in [0.29, 0.717) is 19.7 Å². The van der Waals surface area contributed by atoms with Gasteiger partial charge in [-0.1, -0.05) is 24.3 Å². The Bertz CT molecular complexity index is 945. The van der Waals surface area contributed by atoms with Gasteiger partial charge in [0.15, 0.2) is 0 Å². The highest BCUT2D eigenvalue weighted by Gasteiger charge is 2.32. The Kier molecular flexibility index (Phi) is 5.41. The predicted octanol–water partition coefficient (Wildman–Crippen LogP) is 4.39. The molecule has 0 spiro atoms. The van der Waals surface area contributed by atoms with Gasteiger partial charge in [0.1, 0.15) is 10.8 Å². The first-order chi connectivity index (χ1) is 13.6. The van der Waals surface area contributed by atoms with Gasteiger partial charge in [-0.05, 0) is 42.3 Å². The third-order valence-corrected chi connectivity index (χ3v) is 5.96. The first kappa shape index (κ1) is 18.7. The summed E-state index contributed by atoms with van der Waals surface area (Å²) in [7, 11) is 0. The van der Waals surface area contributed by atoms with Crippen molar-refractivity contribution in [1.29, 1.82) is 0 Å². The second kappa shape index (κ2) is 8.12. The number of hydrogen-bond donors (Lipinski definition) is 1. The van der Waals surface area contributed by atoms with E-state index in [2.05, 4.69) is 46.3 Å². The highest BCUT2D eigenvalue weighted by atomic mass is 32.1. The lowest BCUT2D eigenvalue weighted by Gasteiger charge is -2.36. The van der Waals surface area contributed by atoms with Crippen molar-refractivity contribution in [2.24, 2.45) is 5.92 Å². The van der Waals surface area contributed by atoms with Crippen molar-refractivity contribution in [2.75, 3.05) is 19.7 Å². The molecule has 5 nitrogen and oxygen atoms in total. The molecule has 0 aliphatic carbocycles. The van der Waals surface area contributed by atoms with Crippen molar-refractivity contribution in [3.63, 3.8) is 0 Å². The Morgan fingerprint density at radius 3 is 2.46 bits per heavy atom. The quantitative estimate of drug-likeness (QED) is 0.644. The number of thiazole rings is 1. The zero-order chi connectivity index (χ0) is 19.5. The minimum Gasteiger partial charge on any atom is -0.494 e. The van der Waals surface area contributed by atoms with Crippen molar-refractivity contribution in [3.05, 3.63) is 60.3 Å². The van der Waals surface area contributed by atoms with Crippen LogP contribution < -0.4 is 4.74 Å². The van der Waals surface area contributed by atoms with Crippen LogP contribution >= 0.6 is 11.3 Å². The van der Waals surface area contributed by atoms with Crippen molar-refractivity contribution in [3.8, 4) is 26.8 Å². The van der Waals surface area contributed by atoms with Crippen molar-refractivity contribution < 1.29 is 14.6 Å². The normalized spacial score (nSPS) is 14.6. The number of carbonyl (C=O) groups is 1. The summed E-state index contributed by atoms with van der Waals surface area (Å²) < 4.78 is 5.49. The van der Waals surface area contributed by atoms with Gasteiger partial charge in [-0.3, -0.25) is 9.69 Å². The molecule has 6 heteroatoms. The van der Waals surface area contributed by atoms with Crippen LogP contribution in [0.5, 0.6) is 5.75 Å². The Balaban J connectivity index is 1.40. The average molecular weight is 394 g/mol. The molecule has 0 amide bonds. The molecule has 2 aromatic carbocycles. The van der Waals surface area contributed by atoms with Gasteiger partial charge < -0.3 is 9.84 Å². The summed E-state index contributed by atoms with van der Waals surface area (Å²) in [6.07, 6.45) is 1.91. The molecule has 0 saturated carbocycles. The van der Waals surface area contributed by atoms with E-state index >= 15 is 0 Å². The molecule has 144 valence electrons. The first-order valence-corrected chi connectivity index (χ1v) is 10.2. The fourth-order valence-electron chi connectivity index (χ4n) is 3.29. The number of rotatable bonds is 7. The van der Waals surface area contributed by atoms with Gasteiger partial charge in [0, 0.05) is 31.4 Å². The van der Waals surface area contributed by atoms with Crippen LogP contribution in [0.15, 0.2) is 54.7 Å². The van der Waals surface area contributed by atoms with Crippen LogP contribution in [-0.4, -0.2) is 40.7 Å². The Labute approximate surface area is 168 Å². The van der Waals surface area contributed by atoms with E-state index in [-0.39, 0.29) is 5.92 Å². The average Bonchev–Trinajstić information content (AvgIpc) is 3.15. The summed E-state index contributed by atoms with van der Waals surface area (Å²) >= 11 is 1.67. The molecule has 3 aromatic rings. The van der Waals surface area contributed by atoms with Crippen LogP contribution in [0, 0.1) is 5.92 Å². The van der Waals surface area contributed by atoms with E-state index < -0.39 is 5.97 Å². The fourth-order valence-corrected chi connectivity index (χ4v) is 4.22. The Hall–Kier alpha value is -2.70. The minimum absolute atomic E-state index is 0.212. The maximum Gasteiger partial charge on any atom is 0.309 e. The molecule has 1 saturated heterocycles. The van der Waals surface area contributed by atoms with Gasteiger partial charge >= 0.3 is 5.97 Å². The van der Waals surface area contributed by atoms with E-state index in [1.54, 1.807) is 11.3 Å². The summed E-state index contributed by atoms with van der Waals surface area (Å²) in [5.74, 6) is -0.0298. The van der Waals surface area contributed by atoms with Crippen LogP contribution in [0.1, 0.15) is 12.5 Å². The van der Waals surface area contributed by atoms with Crippen molar-refractivity contribution >= 4 is 17.3 Å². The van der Waals surface area contributed by atoms with Gasteiger partial charge in [-0.25, -0.2) is 4.98 Å². The van der Waals surface area contributed by atoms with Gasteiger partial charge in [0.2, 0.25) is 0 Å². The molecule has 0 radical (unpaired) electrons. The second-order valence-electron chi connectivity index (χ2n) is 6.91. The lowest BCUT2D eigenvalue weighted by molar-refractivity contribution is -0.147. The molecular weight excluding hydrogens is 372 g/mol. The number of aliphatic carboxylic acids is 1. The van der Waals surface area contributed by atoms with Crippen LogP contribution in [0.3, 0.4) is 0 Å². The molecule has 28 heavy (non-hydrogen) atoms. The molecule has 2 heterocycles. The highest BCUT2D eigenvalue weighted by Crippen LogP contribution is 2.33. The molecule has 1 N–H and O–H groups in total. The van der Waals surface area contributed by atoms with E-state index in [9.17, 15) is 4.79 Å². The monoisotopic (exact) mass is 394 g/mol. The van der Waals surface area contributed by atoms with Crippen molar-refractivity contribution in [1.82, 2.24) is 9.88 Å². The van der Waals surface area contributed by atoms with Crippen LogP contribution in [0.25, 0.3) is 21.0 Å². The molecule has 4 rings (SSSR count). The molecule has 1 aliphatic heterocycles. The third kappa shape index (κ3) is 4.08. The summed E-state index contributed by atoms with van der Waals surface area (Å²) in [5.41, 5.74) is 3.42. The minimum atomic E-state index is -0.696. The molecule has 1 aliphatic rings. The van der Waals surface area contributed by atoms with E-state index in [1.165, 1.54) is 5.56 Å². The number of carboxylic acids is 1. The Morgan fingerprint density at radius 2 is 1.82 bits per heavy atom. The lowest BCUT2D eigenvalue weighted by atomic mass is 9.99. The molecule has 1 fully saturated rings. The second-order valence-corrected chi connectivity index (χ2v) is 7.94. The molecule has 1 aromatic heterocycles. The number of aromatic nitrogens is 1. The summed E-state index contributed by atoms with van der Waals surface area (Å²) in [6, 6.07) is 16.5. The van der Waals surface area contributed by atoms with Crippen LogP contribution in [0.2, 0.25) is 0 Å². The molecule has 0 unspecified atom stereocenters. The van der Waals surface area contributed by atoms with Gasteiger partial charge in [-0.15, -0.1) is 11.3 Å². The smallest absolute Gasteiger partial charge is 0.309 e. The van der Waals surface area contributed by atoms with Crippen molar-refractivity contribution in [2.45, 2.75) is 13.5 Å². The van der Waals surface area contributed by atoms with E-state index in [4.69, 9.17) is 9.84 Å². The van der Waals surface area contributed by atoms with E-state index in [1.807, 2.05) is 25.3 Å². The molecule has 0 bridgehead atoms. The fraction of sp³-hybridized carbons (Fsp3) is 0.273. The SMILES string of the molecule is CCOc1ccc(-c2cnc(-c3ccc(CN4CC(C(=O)O)C4)cc3)s2)cc1. The molecule has 0 atom stereocenters. The Morgan fingerprint density at radius 1 is 1.14 bits per heavy atom. The largest absolute Gasteiger partial charge is 0.494 e.